The number of ketones is 1. The molecule has 1 radical (unpaired) electrons. The summed E-state index contributed by atoms with van der Waals surface area (Å²) in [6, 6.07) is 8.15. The number of sulfonamides is 1. The van der Waals surface area contributed by atoms with E-state index in [1.54, 1.807) is 24.3 Å². The number of aromatic hydroxyl groups is 1. The molecule has 30 heavy (non-hydrogen) atoms. The Hall–Kier alpha value is -2.98. The fraction of sp³-hybridized carbons (Fsp3) is 0.300. The van der Waals surface area contributed by atoms with Crippen LogP contribution in [0.25, 0.3) is 0 Å². The number of likely N-dealkylation sites (tertiary alicyclic amines) is 1. The minimum atomic E-state index is -3.92. The van der Waals surface area contributed by atoms with Crippen LogP contribution in [-0.2, 0) is 26.0 Å². The third-order valence-corrected chi connectivity index (χ3v) is 7.34. The zero-order valence-electron chi connectivity index (χ0n) is 16.1. The number of benzene rings is 1. The molecule has 2 atom stereocenters. The van der Waals surface area contributed by atoms with E-state index in [1.807, 2.05) is 0 Å². The zero-order chi connectivity index (χ0) is 21.5. The van der Waals surface area contributed by atoms with Gasteiger partial charge in [-0.1, -0.05) is 16.8 Å². The molecule has 3 heterocycles. The van der Waals surface area contributed by atoms with Crippen LogP contribution in [0.5, 0.6) is 5.75 Å². The zero-order valence-corrected chi connectivity index (χ0v) is 16.9. The van der Waals surface area contributed by atoms with Crippen LogP contribution in [0.15, 0.2) is 53.7 Å². The van der Waals surface area contributed by atoms with Crippen molar-refractivity contribution in [2.45, 2.75) is 29.8 Å². The summed E-state index contributed by atoms with van der Waals surface area (Å²) < 4.78 is 28.4. The molecule has 0 spiro atoms. The van der Waals surface area contributed by atoms with E-state index in [9.17, 15) is 23.1 Å². The molecule has 2 aromatic rings. The van der Waals surface area contributed by atoms with E-state index in [-0.39, 0.29) is 28.9 Å². The lowest BCUT2D eigenvalue weighted by atomic mass is 10.1. The Morgan fingerprint density at radius 2 is 2.10 bits per heavy atom. The van der Waals surface area contributed by atoms with Crippen molar-refractivity contribution in [3.8, 4) is 5.75 Å². The van der Waals surface area contributed by atoms with Gasteiger partial charge in [0.25, 0.3) is 0 Å². The highest BCUT2D eigenvalue weighted by Crippen LogP contribution is 2.34. The third-order valence-electron chi connectivity index (χ3n) is 5.49. The first-order chi connectivity index (χ1) is 14.3. The predicted octanol–water partition coefficient (Wildman–Crippen LogP) is -0.617. The molecule has 2 unspecified atom stereocenters. The summed E-state index contributed by atoms with van der Waals surface area (Å²) in [6.07, 6.45) is 4.94. The van der Waals surface area contributed by atoms with E-state index in [0.29, 0.717) is 19.4 Å². The van der Waals surface area contributed by atoms with E-state index >= 15 is 0 Å². The van der Waals surface area contributed by atoms with Crippen molar-refractivity contribution in [1.82, 2.24) is 9.21 Å². The average Bonchev–Trinajstić information content (AvgIpc) is 3.28. The molecule has 0 bridgehead atoms. The SMILES string of the molecule is N[n+]1cccc(S(=O)(=O)N2CC(=O)C3C2CCN3C(=O)[CH]Cc2cccc(O)c2)c1. The van der Waals surface area contributed by atoms with Crippen LogP contribution in [0, 0.1) is 6.42 Å². The van der Waals surface area contributed by atoms with Gasteiger partial charge in [-0.05, 0) is 36.6 Å². The van der Waals surface area contributed by atoms with Crippen LogP contribution in [-0.4, -0.2) is 59.6 Å². The predicted molar refractivity (Wildman–Crippen MR) is 106 cm³/mol. The molecule has 0 saturated carbocycles. The molecular formula is C20H22N4O5S+. The number of phenols is 1. The largest absolute Gasteiger partial charge is 0.508 e. The Morgan fingerprint density at radius 1 is 1.30 bits per heavy atom. The molecule has 2 saturated heterocycles. The normalized spacial score (nSPS) is 21.7. The monoisotopic (exact) mass is 430 g/mol. The minimum Gasteiger partial charge on any atom is -0.508 e. The summed E-state index contributed by atoms with van der Waals surface area (Å²) in [5, 5.41) is 9.54. The van der Waals surface area contributed by atoms with Gasteiger partial charge in [0, 0.05) is 12.6 Å². The Balaban J connectivity index is 1.49. The summed E-state index contributed by atoms with van der Waals surface area (Å²) in [5.41, 5.74) is 0.764. The van der Waals surface area contributed by atoms with Crippen molar-refractivity contribution >= 4 is 21.7 Å². The van der Waals surface area contributed by atoms with Crippen molar-refractivity contribution in [3.05, 3.63) is 60.8 Å². The van der Waals surface area contributed by atoms with Gasteiger partial charge in [-0.15, -0.1) is 0 Å². The fourth-order valence-corrected chi connectivity index (χ4v) is 5.76. The van der Waals surface area contributed by atoms with Gasteiger partial charge in [-0.2, -0.15) is 4.31 Å². The highest BCUT2D eigenvalue weighted by atomic mass is 32.2. The molecule has 157 valence electrons. The molecule has 4 rings (SSSR count). The topological polar surface area (TPSA) is 125 Å². The quantitative estimate of drug-likeness (QED) is 0.481. The molecule has 2 aliphatic rings. The second-order valence-corrected chi connectivity index (χ2v) is 9.30. The minimum absolute atomic E-state index is 0.00109. The van der Waals surface area contributed by atoms with E-state index in [4.69, 9.17) is 5.84 Å². The van der Waals surface area contributed by atoms with Gasteiger partial charge >= 0.3 is 0 Å². The number of nitrogen functional groups attached to an aromatic ring is 1. The fourth-order valence-electron chi connectivity index (χ4n) is 4.10. The number of nitrogens with zero attached hydrogens (tertiary/aromatic N) is 3. The molecule has 1 aromatic carbocycles. The summed E-state index contributed by atoms with van der Waals surface area (Å²) >= 11 is 0. The highest BCUT2D eigenvalue weighted by Gasteiger charge is 2.53. The van der Waals surface area contributed by atoms with Gasteiger partial charge < -0.3 is 10.0 Å². The second kappa shape index (κ2) is 7.69. The van der Waals surface area contributed by atoms with Crippen LogP contribution in [0.1, 0.15) is 12.0 Å². The molecule has 2 aliphatic heterocycles. The van der Waals surface area contributed by atoms with E-state index in [2.05, 4.69) is 0 Å². The summed E-state index contributed by atoms with van der Waals surface area (Å²) in [5.74, 6) is 5.13. The first-order valence-corrected chi connectivity index (χ1v) is 10.9. The number of Topliss-reactive ketones (excluding diaryl/α,β-unsaturated/α-hetero) is 1. The van der Waals surface area contributed by atoms with Gasteiger partial charge in [0.2, 0.25) is 22.1 Å². The number of aromatic nitrogens is 1. The van der Waals surface area contributed by atoms with Gasteiger partial charge in [-0.25, -0.2) is 14.3 Å². The van der Waals surface area contributed by atoms with Gasteiger partial charge in [0.1, 0.15) is 16.7 Å². The van der Waals surface area contributed by atoms with Crippen molar-refractivity contribution in [1.29, 1.82) is 0 Å². The molecule has 2 fully saturated rings. The molecule has 0 aliphatic carbocycles. The van der Waals surface area contributed by atoms with Crippen molar-refractivity contribution in [3.63, 3.8) is 0 Å². The standard InChI is InChI=1S/C20H21N4O5S/c21-22-9-2-5-16(12-22)30(28,29)24-13-18(26)20-17(24)8-10-23(20)19(27)7-6-14-3-1-4-15(25)11-14/h1-5,7,9,11-12,17,20H,6,8,10,13,21H2/p+1. The third kappa shape index (κ3) is 3.63. The number of rotatable bonds is 5. The summed E-state index contributed by atoms with van der Waals surface area (Å²) in [7, 11) is -3.92. The van der Waals surface area contributed by atoms with Crippen molar-refractivity contribution in [2.75, 3.05) is 18.9 Å². The maximum atomic E-state index is 13.1. The first kappa shape index (κ1) is 20.3. The Morgan fingerprint density at radius 3 is 2.83 bits per heavy atom. The number of phenolic OH excluding ortho intramolecular Hbond substituents is 1. The number of pyridine rings is 1. The number of carbonyl (C=O) groups excluding carboxylic acids is 2. The van der Waals surface area contributed by atoms with Crippen LogP contribution < -0.4 is 10.5 Å². The number of hydrogen-bond acceptors (Lipinski definition) is 6. The Kier molecular flexibility index (Phi) is 5.20. The Bertz CT molecular complexity index is 1100. The molecule has 3 N–H and O–H groups in total. The van der Waals surface area contributed by atoms with Gasteiger partial charge in [0.15, 0.2) is 12.0 Å². The van der Waals surface area contributed by atoms with Crippen LogP contribution in [0.3, 0.4) is 0 Å². The molecule has 1 amide bonds. The van der Waals surface area contributed by atoms with Crippen LogP contribution >= 0.6 is 0 Å². The maximum absolute atomic E-state index is 13.1. The molecule has 10 heteroatoms. The number of nitrogens with two attached hydrogens (primary N) is 1. The molecule has 1 aromatic heterocycles. The maximum Gasteiger partial charge on any atom is 0.249 e. The number of carbonyl (C=O) groups is 2. The smallest absolute Gasteiger partial charge is 0.249 e. The van der Waals surface area contributed by atoms with E-state index in [1.165, 1.54) is 40.2 Å². The molecule has 9 nitrogen and oxygen atoms in total. The van der Waals surface area contributed by atoms with Gasteiger partial charge in [-0.3, -0.25) is 9.59 Å². The molecular weight excluding hydrogens is 408 g/mol. The highest BCUT2D eigenvalue weighted by molar-refractivity contribution is 7.89. The second-order valence-electron chi connectivity index (χ2n) is 7.41. The number of fused-ring (bicyclic) bond motifs is 1. The van der Waals surface area contributed by atoms with Crippen LogP contribution in [0.2, 0.25) is 0 Å². The summed E-state index contributed by atoms with van der Waals surface area (Å²) in [6.45, 7) is 0.0294. The van der Waals surface area contributed by atoms with Crippen LogP contribution in [0.4, 0.5) is 0 Å². The van der Waals surface area contributed by atoms with E-state index < -0.39 is 22.1 Å². The lowest BCUT2D eigenvalue weighted by Crippen LogP contribution is -2.46. The van der Waals surface area contributed by atoms with E-state index in [0.717, 1.165) is 10.2 Å². The average molecular weight is 430 g/mol. The Labute approximate surface area is 174 Å². The van der Waals surface area contributed by atoms with Gasteiger partial charge in [0.05, 0.1) is 19.0 Å². The lowest BCUT2D eigenvalue weighted by molar-refractivity contribution is -0.641. The first-order valence-electron chi connectivity index (χ1n) is 9.50. The summed E-state index contributed by atoms with van der Waals surface area (Å²) in [4.78, 5) is 26.8. The number of hydrogen-bond donors (Lipinski definition) is 2. The number of amides is 1. The van der Waals surface area contributed by atoms with Crippen molar-refractivity contribution < 1.29 is 27.8 Å². The lowest BCUT2D eigenvalue weighted by Gasteiger charge is -2.23. The van der Waals surface area contributed by atoms with Crippen molar-refractivity contribution in [2.24, 2.45) is 0 Å².